The fraction of sp³-hybridized carbons (Fsp3) is 0.250. The van der Waals surface area contributed by atoms with Gasteiger partial charge in [-0.25, -0.2) is 0 Å². The highest BCUT2D eigenvalue weighted by molar-refractivity contribution is 5.87. The molecule has 0 fully saturated rings. The van der Waals surface area contributed by atoms with Gasteiger partial charge in [0.1, 0.15) is 0 Å². The first kappa shape index (κ1) is 17.9. The molecule has 5 nitrogen and oxygen atoms in total. The van der Waals surface area contributed by atoms with E-state index in [1.54, 1.807) is 10.6 Å². The molecule has 5 heteroatoms. The standard InChI is InChI=1S/C24H24N4O/c1-16-3-6-21(26-15-16)17-9-12-28(24(29)13-17)18-4-5-19-20-7-10-25-11-8-22(20)27(2)23(19)14-18/h3-6,9,12-15,25H,7-8,10-11H2,1-2H3. The van der Waals surface area contributed by atoms with E-state index < -0.39 is 0 Å². The van der Waals surface area contributed by atoms with E-state index in [0.717, 1.165) is 48.4 Å². The summed E-state index contributed by atoms with van der Waals surface area (Å²) < 4.78 is 3.99. The molecular weight excluding hydrogens is 360 g/mol. The second kappa shape index (κ2) is 7.01. The number of hydrogen-bond acceptors (Lipinski definition) is 3. The van der Waals surface area contributed by atoms with Gasteiger partial charge in [0.25, 0.3) is 5.56 Å². The minimum Gasteiger partial charge on any atom is -0.347 e. The highest BCUT2D eigenvalue weighted by Gasteiger charge is 2.17. The van der Waals surface area contributed by atoms with Gasteiger partial charge in [-0.3, -0.25) is 14.3 Å². The predicted molar refractivity (Wildman–Crippen MR) is 117 cm³/mol. The Morgan fingerprint density at radius 3 is 2.69 bits per heavy atom. The summed E-state index contributed by atoms with van der Waals surface area (Å²) >= 11 is 0. The number of rotatable bonds is 2. The van der Waals surface area contributed by atoms with E-state index in [-0.39, 0.29) is 5.56 Å². The van der Waals surface area contributed by atoms with Crippen molar-refractivity contribution in [3.05, 3.63) is 82.0 Å². The van der Waals surface area contributed by atoms with E-state index in [0.29, 0.717) is 0 Å². The van der Waals surface area contributed by atoms with Crippen LogP contribution in [0.2, 0.25) is 0 Å². The van der Waals surface area contributed by atoms with Crippen LogP contribution in [0, 0.1) is 6.92 Å². The average molecular weight is 384 g/mol. The summed E-state index contributed by atoms with van der Waals surface area (Å²) in [4.78, 5) is 17.3. The molecule has 0 spiro atoms. The number of pyridine rings is 2. The van der Waals surface area contributed by atoms with Crippen LogP contribution < -0.4 is 10.9 Å². The Balaban J connectivity index is 1.58. The molecule has 0 radical (unpaired) electrons. The SMILES string of the molecule is Cc1ccc(-c2ccn(-c3ccc4c5c(n(C)c4c3)CCNCC5)c(=O)c2)nc1. The number of nitrogens with zero attached hydrogens (tertiary/aromatic N) is 3. The van der Waals surface area contributed by atoms with Crippen molar-refractivity contribution in [3.8, 4) is 16.9 Å². The maximum Gasteiger partial charge on any atom is 0.255 e. The molecule has 29 heavy (non-hydrogen) atoms. The maximum absolute atomic E-state index is 12.9. The highest BCUT2D eigenvalue weighted by atomic mass is 16.1. The van der Waals surface area contributed by atoms with E-state index in [9.17, 15) is 4.79 Å². The summed E-state index contributed by atoms with van der Waals surface area (Å²) in [6.07, 6.45) is 5.75. The minimum absolute atomic E-state index is 0.0517. The minimum atomic E-state index is -0.0517. The first-order chi connectivity index (χ1) is 14.1. The van der Waals surface area contributed by atoms with Crippen LogP contribution in [0.25, 0.3) is 27.8 Å². The summed E-state index contributed by atoms with van der Waals surface area (Å²) in [7, 11) is 2.13. The van der Waals surface area contributed by atoms with Gasteiger partial charge in [0, 0.05) is 55.1 Å². The number of nitrogens with one attached hydrogen (secondary N) is 1. The zero-order chi connectivity index (χ0) is 20.0. The Kier molecular flexibility index (Phi) is 4.32. The van der Waals surface area contributed by atoms with Crippen LogP contribution in [0.5, 0.6) is 0 Å². The van der Waals surface area contributed by atoms with Crippen molar-refractivity contribution in [2.24, 2.45) is 7.05 Å². The fourth-order valence-electron chi connectivity index (χ4n) is 4.34. The zero-order valence-corrected chi connectivity index (χ0v) is 16.8. The molecule has 0 aliphatic carbocycles. The van der Waals surface area contributed by atoms with Gasteiger partial charge in [0.15, 0.2) is 0 Å². The van der Waals surface area contributed by atoms with E-state index >= 15 is 0 Å². The predicted octanol–water partition coefficient (Wildman–Crippen LogP) is 3.39. The number of benzene rings is 1. The van der Waals surface area contributed by atoms with Gasteiger partial charge in [-0.1, -0.05) is 12.1 Å². The van der Waals surface area contributed by atoms with Crippen molar-refractivity contribution in [3.63, 3.8) is 0 Å². The fourth-order valence-corrected chi connectivity index (χ4v) is 4.34. The summed E-state index contributed by atoms with van der Waals surface area (Å²) in [6, 6.07) is 13.9. The molecule has 1 aliphatic heterocycles. The Morgan fingerprint density at radius 2 is 1.90 bits per heavy atom. The second-order valence-corrected chi connectivity index (χ2v) is 7.78. The monoisotopic (exact) mass is 384 g/mol. The third kappa shape index (κ3) is 3.08. The molecule has 0 amide bonds. The van der Waals surface area contributed by atoms with E-state index in [2.05, 4.69) is 34.0 Å². The third-order valence-corrected chi connectivity index (χ3v) is 5.92. The molecule has 5 rings (SSSR count). The van der Waals surface area contributed by atoms with Crippen molar-refractivity contribution in [2.45, 2.75) is 19.8 Å². The van der Waals surface area contributed by atoms with Crippen LogP contribution in [0.4, 0.5) is 0 Å². The van der Waals surface area contributed by atoms with Crippen molar-refractivity contribution in [1.82, 2.24) is 19.4 Å². The van der Waals surface area contributed by atoms with Crippen molar-refractivity contribution in [1.29, 1.82) is 0 Å². The van der Waals surface area contributed by atoms with Gasteiger partial charge < -0.3 is 9.88 Å². The largest absolute Gasteiger partial charge is 0.347 e. The third-order valence-electron chi connectivity index (χ3n) is 5.92. The molecule has 0 bridgehead atoms. The average Bonchev–Trinajstić information content (AvgIpc) is 2.89. The normalized spacial score (nSPS) is 14.0. The molecule has 146 valence electrons. The summed E-state index contributed by atoms with van der Waals surface area (Å²) in [6.45, 7) is 4.03. The van der Waals surface area contributed by atoms with E-state index in [1.807, 2.05) is 43.6 Å². The van der Waals surface area contributed by atoms with Crippen LogP contribution in [-0.4, -0.2) is 27.2 Å². The Bertz CT molecular complexity index is 1260. The van der Waals surface area contributed by atoms with Gasteiger partial charge >= 0.3 is 0 Å². The Morgan fingerprint density at radius 1 is 1.03 bits per heavy atom. The lowest BCUT2D eigenvalue weighted by molar-refractivity contribution is 0.699. The molecule has 0 saturated carbocycles. The quantitative estimate of drug-likeness (QED) is 0.576. The molecule has 4 heterocycles. The summed E-state index contributed by atoms with van der Waals surface area (Å²) in [5, 5.41) is 4.77. The molecule has 1 aliphatic rings. The number of hydrogen-bond donors (Lipinski definition) is 1. The van der Waals surface area contributed by atoms with Gasteiger partial charge in [-0.2, -0.15) is 0 Å². The van der Waals surface area contributed by atoms with Gasteiger partial charge in [0.2, 0.25) is 0 Å². The first-order valence-corrected chi connectivity index (χ1v) is 10.1. The van der Waals surface area contributed by atoms with Crippen molar-refractivity contribution < 1.29 is 0 Å². The molecule has 0 atom stereocenters. The van der Waals surface area contributed by atoms with Gasteiger partial charge in [-0.15, -0.1) is 0 Å². The smallest absolute Gasteiger partial charge is 0.255 e. The van der Waals surface area contributed by atoms with E-state index in [4.69, 9.17) is 0 Å². The Hall–Kier alpha value is -3.18. The van der Waals surface area contributed by atoms with Crippen LogP contribution in [0.3, 0.4) is 0 Å². The number of aryl methyl sites for hydroxylation is 2. The van der Waals surface area contributed by atoms with Crippen LogP contribution in [-0.2, 0) is 19.9 Å². The van der Waals surface area contributed by atoms with E-state index in [1.165, 1.54) is 22.2 Å². The Labute approximate surface area is 169 Å². The zero-order valence-electron chi connectivity index (χ0n) is 16.8. The van der Waals surface area contributed by atoms with Crippen LogP contribution in [0.15, 0.2) is 59.7 Å². The first-order valence-electron chi connectivity index (χ1n) is 10.1. The molecule has 0 saturated heterocycles. The molecule has 3 aromatic heterocycles. The number of aromatic nitrogens is 3. The molecule has 0 unspecified atom stereocenters. The van der Waals surface area contributed by atoms with Gasteiger partial charge in [0.05, 0.1) is 16.9 Å². The molecular formula is C24H24N4O. The lowest BCUT2D eigenvalue weighted by atomic mass is 10.1. The summed E-state index contributed by atoms with van der Waals surface area (Å²) in [5.74, 6) is 0. The topological polar surface area (TPSA) is 51.9 Å². The lowest BCUT2D eigenvalue weighted by Crippen LogP contribution is -2.17. The summed E-state index contributed by atoms with van der Waals surface area (Å²) in [5.41, 5.74) is 7.62. The van der Waals surface area contributed by atoms with Crippen molar-refractivity contribution in [2.75, 3.05) is 13.1 Å². The lowest BCUT2D eigenvalue weighted by Gasteiger charge is -2.09. The molecule has 4 aromatic rings. The molecule has 1 aromatic carbocycles. The second-order valence-electron chi connectivity index (χ2n) is 7.78. The maximum atomic E-state index is 12.9. The van der Waals surface area contributed by atoms with Crippen LogP contribution in [0.1, 0.15) is 16.8 Å². The molecule has 1 N–H and O–H groups in total. The van der Waals surface area contributed by atoms with Gasteiger partial charge in [-0.05, 0) is 55.3 Å². The van der Waals surface area contributed by atoms with Crippen LogP contribution >= 0.6 is 0 Å². The number of fused-ring (bicyclic) bond motifs is 3. The van der Waals surface area contributed by atoms with Crippen molar-refractivity contribution >= 4 is 10.9 Å². The highest BCUT2D eigenvalue weighted by Crippen LogP contribution is 2.29.